The van der Waals surface area contributed by atoms with Gasteiger partial charge in [0.1, 0.15) is 0 Å². The lowest BCUT2D eigenvalue weighted by atomic mass is 9.91. The third-order valence-electron chi connectivity index (χ3n) is 3.62. The SMILES string of the molecule is FC(F)(F)c1cc2c(cc1-c1ccccc1)CNCC2. The Morgan fingerprint density at radius 1 is 0.950 bits per heavy atom. The van der Waals surface area contributed by atoms with Crippen LogP contribution in [0.4, 0.5) is 13.2 Å². The highest BCUT2D eigenvalue weighted by Crippen LogP contribution is 2.39. The van der Waals surface area contributed by atoms with E-state index in [-0.39, 0.29) is 5.56 Å². The van der Waals surface area contributed by atoms with E-state index in [0.717, 1.165) is 17.7 Å². The number of halogens is 3. The van der Waals surface area contributed by atoms with Crippen molar-refractivity contribution in [2.75, 3.05) is 6.54 Å². The molecule has 0 fully saturated rings. The molecule has 3 rings (SSSR count). The van der Waals surface area contributed by atoms with E-state index in [0.29, 0.717) is 18.5 Å². The zero-order valence-electron chi connectivity index (χ0n) is 10.8. The van der Waals surface area contributed by atoms with Crippen LogP contribution in [0.25, 0.3) is 11.1 Å². The Hall–Kier alpha value is -1.81. The second kappa shape index (κ2) is 4.94. The molecule has 0 bridgehead atoms. The zero-order valence-corrected chi connectivity index (χ0v) is 10.8. The van der Waals surface area contributed by atoms with E-state index in [4.69, 9.17) is 0 Å². The van der Waals surface area contributed by atoms with Crippen LogP contribution < -0.4 is 5.32 Å². The Balaban J connectivity index is 2.21. The second-order valence-corrected chi connectivity index (χ2v) is 4.96. The van der Waals surface area contributed by atoms with Crippen LogP contribution in [0.15, 0.2) is 42.5 Å². The molecule has 1 aliphatic heterocycles. The normalized spacial score (nSPS) is 14.9. The summed E-state index contributed by atoms with van der Waals surface area (Å²) in [6.07, 6.45) is -3.68. The largest absolute Gasteiger partial charge is 0.417 e. The maximum Gasteiger partial charge on any atom is 0.417 e. The minimum Gasteiger partial charge on any atom is -0.312 e. The van der Waals surface area contributed by atoms with E-state index >= 15 is 0 Å². The van der Waals surface area contributed by atoms with Crippen LogP contribution in [-0.2, 0) is 19.1 Å². The first-order chi connectivity index (χ1) is 9.55. The fourth-order valence-corrected chi connectivity index (χ4v) is 2.62. The first kappa shape index (κ1) is 13.2. The van der Waals surface area contributed by atoms with Gasteiger partial charge in [-0.2, -0.15) is 13.2 Å². The third-order valence-corrected chi connectivity index (χ3v) is 3.62. The molecule has 104 valence electrons. The van der Waals surface area contributed by atoms with Crippen LogP contribution in [0, 0.1) is 0 Å². The molecule has 0 saturated heterocycles. The monoisotopic (exact) mass is 277 g/mol. The van der Waals surface area contributed by atoms with E-state index in [2.05, 4.69) is 5.32 Å². The van der Waals surface area contributed by atoms with E-state index in [9.17, 15) is 13.2 Å². The Kier molecular flexibility index (Phi) is 3.26. The molecule has 1 nitrogen and oxygen atoms in total. The average Bonchev–Trinajstić information content (AvgIpc) is 2.46. The standard InChI is InChI=1S/C16H14F3N/c17-16(18,19)15-9-12-6-7-20-10-13(12)8-14(15)11-4-2-1-3-5-11/h1-5,8-9,20H,6-7,10H2. The van der Waals surface area contributed by atoms with E-state index < -0.39 is 11.7 Å². The number of benzene rings is 2. The van der Waals surface area contributed by atoms with Crippen molar-refractivity contribution in [1.29, 1.82) is 0 Å². The van der Waals surface area contributed by atoms with Gasteiger partial charge < -0.3 is 5.32 Å². The van der Waals surface area contributed by atoms with Crippen LogP contribution in [0.2, 0.25) is 0 Å². The quantitative estimate of drug-likeness (QED) is 0.830. The Morgan fingerprint density at radius 3 is 2.40 bits per heavy atom. The number of hydrogen-bond acceptors (Lipinski definition) is 1. The van der Waals surface area contributed by atoms with Gasteiger partial charge in [-0.1, -0.05) is 30.3 Å². The molecular weight excluding hydrogens is 263 g/mol. The lowest BCUT2D eigenvalue weighted by Crippen LogP contribution is -2.24. The average molecular weight is 277 g/mol. The van der Waals surface area contributed by atoms with Crippen molar-refractivity contribution in [2.45, 2.75) is 19.1 Å². The second-order valence-electron chi connectivity index (χ2n) is 4.96. The topological polar surface area (TPSA) is 12.0 Å². The molecule has 0 aromatic heterocycles. The molecule has 0 radical (unpaired) electrons. The lowest BCUT2D eigenvalue weighted by Gasteiger charge is -2.22. The summed E-state index contributed by atoms with van der Waals surface area (Å²) in [5, 5.41) is 3.20. The molecule has 0 aliphatic carbocycles. The summed E-state index contributed by atoms with van der Waals surface area (Å²) in [4.78, 5) is 0. The molecule has 0 saturated carbocycles. The first-order valence-corrected chi connectivity index (χ1v) is 6.55. The highest BCUT2D eigenvalue weighted by molar-refractivity contribution is 5.70. The third kappa shape index (κ3) is 2.43. The summed E-state index contributed by atoms with van der Waals surface area (Å²) in [6.45, 7) is 1.36. The molecule has 0 atom stereocenters. The van der Waals surface area contributed by atoms with Crippen molar-refractivity contribution in [3.63, 3.8) is 0 Å². The van der Waals surface area contributed by atoms with Crippen LogP contribution in [0.5, 0.6) is 0 Å². The number of rotatable bonds is 1. The molecular formula is C16H14F3N. The molecule has 2 aromatic carbocycles. The predicted octanol–water partition coefficient (Wildman–Crippen LogP) is 4.02. The molecule has 20 heavy (non-hydrogen) atoms. The summed E-state index contributed by atoms with van der Waals surface area (Å²) >= 11 is 0. The van der Waals surface area contributed by atoms with Gasteiger partial charge in [0.25, 0.3) is 0 Å². The Bertz CT molecular complexity index is 618. The van der Waals surface area contributed by atoms with Gasteiger partial charge in [-0.15, -0.1) is 0 Å². The molecule has 0 spiro atoms. The van der Waals surface area contributed by atoms with Gasteiger partial charge in [0.05, 0.1) is 5.56 Å². The van der Waals surface area contributed by atoms with Gasteiger partial charge in [0.2, 0.25) is 0 Å². The van der Waals surface area contributed by atoms with Crippen LogP contribution >= 0.6 is 0 Å². The van der Waals surface area contributed by atoms with Crippen molar-refractivity contribution in [1.82, 2.24) is 5.32 Å². The van der Waals surface area contributed by atoms with E-state index in [1.807, 2.05) is 0 Å². The first-order valence-electron chi connectivity index (χ1n) is 6.55. The van der Waals surface area contributed by atoms with Crippen molar-refractivity contribution in [3.8, 4) is 11.1 Å². The van der Waals surface area contributed by atoms with Crippen molar-refractivity contribution >= 4 is 0 Å². The van der Waals surface area contributed by atoms with Gasteiger partial charge in [-0.25, -0.2) is 0 Å². The van der Waals surface area contributed by atoms with Crippen LogP contribution in [0.1, 0.15) is 16.7 Å². The fourth-order valence-electron chi connectivity index (χ4n) is 2.62. The van der Waals surface area contributed by atoms with Gasteiger partial charge in [-0.3, -0.25) is 0 Å². The van der Waals surface area contributed by atoms with Crippen LogP contribution in [-0.4, -0.2) is 6.54 Å². The Labute approximate surface area is 115 Å². The van der Waals surface area contributed by atoms with Crippen LogP contribution in [0.3, 0.4) is 0 Å². The van der Waals surface area contributed by atoms with E-state index in [1.165, 1.54) is 6.07 Å². The van der Waals surface area contributed by atoms with Crippen molar-refractivity contribution in [3.05, 3.63) is 59.2 Å². The number of nitrogens with one attached hydrogen (secondary N) is 1. The number of fused-ring (bicyclic) bond motifs is 1. The van der Waals surface area contributed by atoms with Crippen molar-refractivity contribution < 1.29 is 13.2 Å². The molecule has 1 heterocycles. The van der Waals surface area contributed by atoms with Gasteiger partial charge in [0, 0.05) is 6.54 Å². The highest BCUT2D eigenvalue weighted by Gasteiger charge is 2.34. The number of hydrogen-bond donors (Lipinski definition) is 1. The smallest absolute Gasteiger partial charge is 0.312 e. The maximum atomic E-state index is 13.3. The maximum absolute atomic E-state index is 13.3. The van der Waals surface area contributed by atoms with Crippen molar-refractivity contribution in [2.24, 2.45) is 0 Å². The van der Waals surface area contributed by atoms with Gasteiger partial charge in [-0.05, 0) is 47.4 Å². The summed E-state index contributed by atoms with van der Waals surface area (Å²) in [7, 11) is 0. The molecule has 4 heteroatoms. The molecule has 1 aliphatic rings. The summed E-state index contributed by atoms with van der Waals surface area (Å²) in [5.74, 6) is 0. The highest BCUT2D eigenvalue weighted by atomic mass is 19.4. The molecule has 0 amide bonds. The molecule has 2 aromatic rings. The summed E-state index contributed by atoms with van der Waals surface area (Å²) < 4.78 is 39.9. The van der Waals surface area contributed by atoms with Gasteiger partial charge in [0.15, 0.2) is 0 Å². The van der Waals surface area contributed by atoms with Gasteiger partial charge >= 0.3 is 6.18 Å². The molecule has 0 unspecified atom stereocenters. The fraction of sp³-hybridized carbons (Fsp3) is 0.250. The molecule has 1 N–H and O–H groups in total. The van der Waals surface area contributed by atoms with E-state index in [1.54, 1.807) is 36.4 Å². The predicted molar refractivity (Wildman–Crippen MR) is 72.3 cm³/mol. The summed E-state index contributed by atoms with van der Waals surface area (Å²) in [6, 6.07) is 11.7. The minimum absolute atomic E-state index is 0.264. The zero-order chi connectivity index (χ0) is 14.2. The number of alkyl halides is 3. The minimum atomic E-state index is -4.33. The summed E-state index contributed by atoms with van der Waals surface area (Å²) in [5.41, 5.74) is 2.09. The lowest BCUT2D eigenvalue weighted by molar-refractivity contribution is -0.137. The Morgan fingerprint density at radius 2 is 1.70 bits per heavy atom.